The summed E-state index contributed by atoms with van der Waals surface area (Å²) in [6.07, 6.45) is 2.40. The van der Waals surface area contributed by atoms with Gasteiger partial charge in [-0.05, 0) is 24.8 Å². The van der Waals surface area contributed by atoms with Crippen molar-refractivity contribution >= 4 is 23.1 Å². The van der Waals surface area contributed by atoms with Crippen molar-refractivity contribution in [2.24, 2.45) is 11.1 Å². The van der Waals surface area contributed by atoms with Gasteiger partial charge < -0.3 is 11.1 Å². The number of hydrogen-bond donors (Lipinski definition) is 2. The van der Waals surface area contributed by atoms with Gasteiger partial charge in [0.15, 0.2) is 0 Å². The third-order valence-corrected chi connectivity index (χ3v) is 3.96. The first kappa shape index (κ1) is 13.0. The van der Waals surface area contributed by atoms with Crippen molar-refractivity contribution in [3.8, 4) is 0 Å². The van der Waals surface area contributed by atoms with Crippen LogP contribution in [0, 0.1) is 5.41 Å². The molecule has 0 spiro atoms. The van der Waals surface area contributed by atoms with Crippen molar-refractivity contribution in [2.75, 3.05) is 0 Å². The first-order valence-electron chi connectivity index (χ1n) is 6.26. The molecule has 1 aliphatic carbocycles. The molecule has 3 nitrogen and oxygen atoms in total. The topological polar surface area (TPSA) is 55.1 Å². The van der Waals surface area contributed by atoms with Crippen LogP contribution >= 0.6 is 12.2 Å². The van der Waals surface area contributed by atoms with Crippen molar-refractivity contribution in [2.45, 2.75) is 32.2 Å². The first-order valence-corrected chi connectivity index (χ1v) is 6.67. The van der Waals surface area contributed by atoms with Gasteiger partial charge >= 0.3 is 0 Å². The SMILES string of the molecule is CCC(NC(=O)C1(C(N)=S)CC1)c1ccccc1. The number of carbonyl (C=O) groups is 1. The zero-order valence-electron chi connectivity index (χ0n) is 10.5. The van der Waals surface area contributed by atoms with Crippen LogP contribution in [0.3, 0.4) is 0 Å². The zero-order chi connectivity index (χ0) is 13.2. The second kappa shape index (κ2) is 5.06. The fraction of sp³-hybridized carbons (Fsp3) is 0.429. The van der Waals surface area contributed by atoms with Crippen LogP contribution < -0.4 is 11.1 Å². The molecule has 0 saturated heterocycles. The van der Waals surface area contributed by atoms with Crippen molar-refractivity contribution in [3.05, 3.63) is 35.9 Å². The number of amides is 1. The van der Waals surface area contributed by atoms with Gasteiger partial charge in [0.25, 0.3) is 0 Å². The second-order valence-corrected chi connectivity index (χ2v) is 5.23. The molecule has 1 fully saturated rings. The van der Waals surface area contributed by atoms with Crippen LogP contribution in [-0.4, -0.2) is 10.9 Å². The summed E-state index contributed by atoms with van der Waals surface area (Å²) in [6.45, 7) is 2.05. The maximum Gasteiger partial charge on any atom is 0.233 e. The highest BCUT2D eigenvalue weighted by atomic mass is 32.1. The highest BCUT2D eigenvalue weighted by Gasteiger charge is 2.53. The number of hydrogen-bond acceptors (Lipinski definition) is 2. The monoisotopic (exact) mass is 262 g/mol. The predicted octanol–water partition coefficient (Wildman–Crippen LogP) is 2.32. The first-order chi connectivity index (χ1) is 8.60. The van der Waals surface area contributed by atoms with E-state index in [2.05, 4.69) is 12.2 Å². The van der Waals surface area contributed by atoms with E-state index in [0.717, 1.165) is 24.8 Å². The van der Waals surface area contributed by atoms with Gasteiger partial charge in [0.2, 0.25) is 5.91 Å². The van der Waals surface area contributed by atoms with Crippen LogP contribution in [0.15, 0.2) is 30.3 Å². The maximum absolute atomic E-state index is 12.2. The van der Waals surface area contributed by atoms with Crippen molar-refractivity contribution in [1.82, 2.24) is 5.32 Å². The van der Waals surface area contributed by atoms with Gasteiger partial charge in [-0.15, -0.1) is 0 Å². The van der Waals surface area contributed by atoms with E-state index in [-0.39, 0.29) is 11.9 Å². The normalized spacial score (nSPS) is 17.8. The Morgan fingerprint density at radius 3 is 2.50 bits per heavy atom. The Hall–Kier alpha value is -1.42. The third-order valence-electron chi connectivity index (χ3n) is 3.57. The van der Waals surface area contributed by atoms with Gasteiger partial charge in [-0.1, -0.05) is 49.5 Å². The Morgan fingerprint density at radius 2 is 2.06 bits per heavy atom. The average Bonchev–Trinajstić information content (AvgIpc) is 3.18. The van der Waals surface area contributed by atoms with Crippen LogP contribution in [0.25, 0.3) is 0 Å². The molecule has 2 rings (SSSR count). The Morgan fingerprint density at radius 1 is 1.44 bits per heavy atom. The van der Waals surface area contributed by atoms with Gasteiger partial charge in [-0.25, -0.2) is 0 Å². The maximum atomic E-state index is 12.2. The highest BCUT2D eigenvalue weighted by molar-refractivity contribution is 7.80. The fourth-order valence-electron chi connectivity index (χ4n) is 2.11. The minimum Gasteiger partial charge on any atom is -0.392 e. The van der Waals surface area contributed by atoms with Crippen LogP contribution in [-0.2, 0) is 4.79 Å². The minimum atomic E-state index is -0.572. The van der Waals surface area contributed by atoms with Crippen LogP contribution in [0.5, 0.6) is 0 Å². The molecule has 1 amide bonds. The van der Waals surface area contributed by atoms with Crippen LogP contribution in [0.4, 0.5) is 0 Å². The fourth-order valence-corrected chi connectivity index (χ4v) is 2.41. The van der Waals surface area contributed by atoms with Gasteiger partial charge in [-0.2, -0.15) is 0 Å². The lowest BCUT2D eigenvalue weighted by Gasteiger charge is -2.21. The van der Waals surface area contributed by atoms with Crippen LogP contribution in [0.2, 0.25) is 0 Å². The van der Waals surface area contributed by atoms with Gasteiger partial charge in [0.05, 0.1) is 16.4 Å². The van der Waals surface area contributed by atoms with Crippen LogP contribution in [0.1, 0.15) is 37.8 Å². The number of nitrogens with two attached hydrogens (primary N) is 1. The molecule has 96 valence electrons. The second-order valence-electron chi connectivity index (χ2n) is 4.79. The van der Waals surface area contributed by atoms with E-state index in [0.29, 0.717) is 4.99 Å². The quantitative estimate of drug-likeness (QED) is 0.801. The van der Waals surface area contributed by atoms with Gasteiger partial charge in [-0.3, -0.25) is 4.79 Å². The molecule has 1 atom stereocenters. The number of rotatable bonds is 5. The standard InChI is InChI=1S/C14H18N2OS/c1-2-11(10-6-4-3-5-7-10)16-13(17)14(8-9-14)12(15)18/h3-7,11H,2,8-9H2,1H3,(H2,15,18)(H,16,17). The van der Waals surface area contributed by atoms with Crippen molar-refractivity contribution in [1.29, 1.82) is 0 Å². The van der Waals surface area contributed by atoms with E-state index in [9.17, 15) is 4.79 Å². The summed E-state index contributed by atoms with van der Waals surface area (Å²) in [5.74, 6) is -0.0225. The van der Waals surface area contributed by atoms with E-state index in [4.69, 9.17) is 18.0 Å². The van der Waals surface area contributed by atoms with E-state index in [1.54, 1.807) is 0 Å². The lowest BCUT2D eigenvalue weighted by molar-refractivity contribution is -0.124. The molecule has 0 heterocycles. The zero-order valence-corrected chi connectivity index (χ0v) is 11.3. The number of carbonyl (C=O) groups excluding carboxylic acids is 1. The molecular weight excluding hydrogens is 244 g/mol. The Labute approximate surface area is 113 Å². The summed E-state index contributed by atoms with van der Waals surface area (Å²) in [7, 11) is 0. The molecule has 1 saturated carbocycles. The Kier molecular flexibility index (Phi) is 3.66. The molecule has 4 heteroatoms. The molecule has 0 bridgehead atoms. The summed E-state index contributed by atoms with van der Waals surface area (Å²) in [6, 6.07) is 10.00. The molecule has 1 unspecified atom stereocenters. The summed E-state index contributed by atoms with van der Waals surface area (Å²) in [5.41, 5.74) is 6.21. The molecule has 3 N–H and O–H groups in total. The average molecular weight is 262 g/mol. The molecule has 0 aromatic heterocycles. The van der Waals surface area contributed by atoms with Gasteiger partial charge in [0.1, 0.15) is 0 Å². The number of thiocarbonyl (C=S) groups is 1. The van der Waals surface area contributed by atoms with Gasteiger partial charge in [0, 0.05) is 0 Å². The predicted molar refractivity (Wildman–Crippen MR) is 76.1 cm³/mol. The summed E-state index contributed by atoms with van der Waals surface area (Å²) in [5, 5.41) is 3.06. The number of benzene rings is 1. The summed E-state index contributed by atoms with van der Waals surface area (Å²) >= 11 is 4.99. The molecule has 1 aliphatic rings. The molecule has 1 aromatic rings. The van der Waals surface area contributed by atoms with Crippen molar-refractivity contribution in [3.63, 3.8) is 0 Å². The smallest absolute Gasteiger partial charge is 0.233 e. The molecule has 18 heavy (non-hydrogen) atoms. The molecular formula is C14H18N2OS. The lowest BCUT2D eigenvalue weighted by Crippen LogP contribution is -2.41. The molecule has 1 aromatic carbocycles. The Balaban J connectivity index is 2.08. The largest absolute Gasteiger partial charge is 0.392 e. The molecule has 0 radical (unpaired) electrons. The number of nitrogens with one attached hydrogen (secondary N) is 1. The van der Waals surface area contributed by atoms with E-state index < -0.39 is 5.41 Å². The minimum absolute atomic E-state index is 0.0225. The Bertz CT molecular complexity index is 454. The highest BCUT2D eigenvalue weighted by Crippen LogP contribution is 2.46. The van der Waals surface area contributed by atoms with E-state index in [1.165, 1.54) is 0 Å². The van der Waals surface area contributed by atoms with E-state index in [1.807, 2.05) is 30.3 Å². The van der Waals surface area contributed by atoms with E-state index >= 15 is 0 Å². The van der Waals surface area contributed by atoms with Crippen molar-refractivity contribution < 1.29 is 4.79 Å². The summed E-state index contributed by atoms with van der Waals surface area (Å²) in [4.78, 5) is 12.6. The summed E-state index contributed by atoms with van der Waals surface area (Å²) < 4.78 is 0. The lowest BCUT2D eigenvalue weighted by atomic mass is 10.0. The third kappa shape index (κ3) is 2.38. The molecule has 0 aliphatic heterocycles.